The molecule has 0 amide bonds. The Balaban J connectivity index is 2.03. The summed E-state index contributed by atoms with van der Waals surface area (Å²) >= 11 is 1.57. The van der Waals surface area contributed by atoms with E-state index < -0.39 is 10.8 Å². The summed E-state index contributed by atoms with van der Waals surface area (Å²) in [6.45, 7) is 4.52. The van der Waals surface area contributed by atoms with Gasteiger partial charge in [0, 0.05) is 12.6 Å². The van der Waals surface area contributed by atoms with E-state index in [4.69, 9.17) is 4.74 Å². The molecule has 0 spiro atoms. The summed E-state index contributed by atoms with van der Waals surface area (Å²) in [5.74, 6) is 0. The Morgan fingerprint density at radius 1 is 1.65 bits per heavy atom. The van der Waals surface area contributed by atoms with E-state index in [1.54, 1.807) is 11.3 Å². The molecule has 1 N–H and O–H groups in total. The maximum Gasteiger partial charge on any atom is 0.0914 e. The first-order valence-corrected chi connectivity index (χ1v) is 8.17. The maximum absolute atomic E-state index is 12.4. The third-order valence-electron chi connectivity index (χ3n) is 2.93. The predicted molar refractivity (Wildman–Crippen MR) is 72.0 cm³/mol. The molecule has 17 heavy (non-hydrogen) atoms. The Hall–Kier alpha value is -0.230. The minimum absolute atomic E-state index is 0.0916. The normalized spacial score (nSPS) is 26.9. The molecule has 0 aromatic carbocycles. The highest BCUT2D eigenvalue weighted by Gasteiger charge is 2.31. The molecule has 2 rings (SSSR count). The van der Waals surface area contributed by atoms with E-state index in [9.17, 15) is 4.21 Å². The third kappa shape index (κ3) is 3.37. The van der Waals surface area contributed by atoms with Gasteiger partial charge in [-0.1, -0.05) is 13.0 Å². The van der Waals surface area contributed by atoms with Gasteiger partial charge < -0.3 is 10.1 Å². The minimum atomic E-state index is -0.941. The van der Waals surface area contributed by atoms with Crippen molar-refractivity contribution in [2.45, 2.75) is 35.3 Å². The van der Waals surface area contributed by atoms with Crippen LogP contribution in [0.15, 0.2) is 21.7 Å². The number of nitrogens with one attached hydrogen (secondary N) is 1. The summed E-state index contributed by atoms with van der Waals surface area (Å²) in [4.78, 5) is 0. The highest BCUT2D eigenvalue weighted by molar-refractivity contribution is 7.88. The van der Waals surface area contributed by atoms with Crippen molar-refractivity contribution in [1.29, 1.82) is 0 Å². The van der Waals surface area contributed by atoms with Gasteiger partial charge in [0.05, 0.1) is 26.9 Å². The van der Waals surface area contributed by atoms with E-state index in [0.29, 0.717) is 12.6 Å². The molecule has 96 valence electrons. The Kier molecular flexibility index (Phi) is 5.16. The molecule has 1 aliphatic rings. The summed E-state index contributed by atoms with van der Waals surface area (Å²) in [5, 5.41) is 5.56. The minimum Gasteiger partial charge on any atom is -0.380 e. The highest BCUT2D eigenvalue weighted by Crippen LogP contribution is 2.22. The first kappa shape index (κ1) is 13.2. The van der Waals surface area contributed by atoms with Gasteiger partial charge in [0.25, 0.3) is 0 Å². The zero-order valence-electron chi connectivity index (χ0n) is 10.1. The van der Waals surface area contributed by atoms with Gasteiger partial charge in [0.15, 0.2) is 0 Å². The molecule has 3 atom stereocenters. The molecule has 1 aromatic heterocycles. The summed E-state index contributed by atoms with van der Waals surface area (Å²) < 4.78 is 18.9. The van der Waals surface area contributed by atoms with E-state index in [1.165, 1.54) is 0 Å². The van der Waals surface area contributed by atoms with E-state index >= 15 is 0 Å². The Labute approximate surface area is 109 Å². The third-order valence-corrected chi connectivity index (χ3v) is 5.92. The van der Waals surface area contributed by atoms with Crippen molar-refractivity contribution < 1.29 is 8.95 Å². The Morgan fingerprint density at radius 3 is 3.24 bits per heavy atom. The van der Waals surface area contributed by atoms with Crippen LogP contribution in [-0.2, 0) is 15.5 Å². The summed E-state index contributed by atoms with van der Waals surface area (Å²) in [6.07, 6.45) is 2.07. The smallest absolute Gasteiger partial charge is 0.0914 e. The second-order valence-electron chi connectivity index (χ2n) is 4.19. The van der Waals surface area contributed by atoms with Crippen molar-refractivity contribution in [2.24, 2.45) is 0 Å². The number of hydrogen-bond donors (Lipinski definition) is 1. The lowest BCUT2D eigenvalue weighted by molar-refractivity contribution is 0.0821. The molecule has 1 saturated heterocycles. The van der Waals surface area contributed by atoms with Crippen LogP contribution in [0.5, 0.6) is 0 Å². The standard InChI is InChI=1S/C12H19NO2S2/c1-2-6-13-10-5-7-15-9-11(10)17(14)12-4-3-8-16-12/h3-4,8,10-11,13H,2,5-7,9H2,1H3. The monoisotopic (exact) mass is 273 g/mol. The van der Waals surface area contributed by atoms with Crippen LogP contribution < -0.4 is 5.32 Å². The molecule has 1 fully saturated rings. The van der Waals surface area contributed by atoms with Crippen molar-refractivity contribution in [3.63, 3.8) is 0 Å². The van der Waals surface area contributed by atoms with E-state index in [-0.39, 0.29) is 5.25 Å². The van der Waals surface area contributed by atoms with Crippen molar-refractivity contribution in [3.8, 4) is 0 Å². The molecular weight excluding hydrogens is 254 g/mol. The number of ether oxygens (including phenoxy) is 1. The molecule has 0 bridgehead atoms. The molecule has 2 heterocycles. The number of thiophene rings is 1. The van der Waals surface area contributed by atoms with E-state index in [2.05, 4.69) is 12.2 Å². The summed E-state index contributed by atoms with van der Waals surface area (Å²) in [6, 6.07) is 4.23. The lowest BCUT2D eigenvalue weighted by Crippen LogP contribution is -2.48. The second-order valence-corrected chi connectivity index (χ2v) is 7.04. The molecule has 3 unspecified atom stereocenters. The van der Waals surface area contributed by atoms with Crippen LogP contribution in [0.25, 0.3) is 0 Å². The molecule has 3 nitrogen and oxygen atoms in total. The van der Waals surface area contributed by atoms with E-state index in [0.717, 1.165) is 30.2 Å². The quantitative estimate of drug-likeness (QED) is 0.892. The van der Waals surface area contributed by atoms with Crippen LogP contribution >= 0.6 is 11.3 Å². The van der Waals surface area contributed by atoms with Gasteiger partial charge in [-0.25, -0.2) is 0 Å². The van der Waals surface area contributed by atoms with Gasteiger partial charge in [-0.2, -0.15) is 0 Å². The zero-order valence-corrected chi connectivity index (χ0v) is 11.7. The van der Waals surface area contributed by atoms with Gasteiger partial charge in [-0.3, -0.25) is 4.21 Å². The van der Waals surface area contributed by atoms with Crippen molar-refractivity contribution in [1.82, 2.24) is 5.32 Å². The highest BCUT2D eigenvalue weighted by atomic mass is 32.2. The lowest BCUT2D eigenvalue weighted by atomic mass is 10.1. The fraction of sp³-hybridized carbons (Fsp3) is 0.667. The number of rotatable bonds is 5. The molecule has 1 aromatic rings. The van der Waals surface area contributed by atoms with Gasteiger partial charge in [-0.15, -0.1) is 11.3 Å². The Bertz CT molecular complexity index is 353. The molecule has 0 saturated carbocycles. The van der Waals surface area contributed by atoms with Gasteiger partial charge in [0.1, 0.15) is 0 Å². The predicted octanol–water partition coefficient (Wildman–Crippen LogP) is 2.01. The zero-order chi connectivity index (χ0) is 12.1. The molecule has 0 radical (unpaired) electrons. The first-order valence-electron chi connectivity index (χ1n) is 6.08. The largest absolute Gasteiger partial charge is 0.380 e. The lowest BCUT2D eigenvalue weighted by Gasteiger charge is -2.31. The van der Waals surface area contributed by atoms with Crippen molar-refractivity contribution in [2.75, 3.05) is 19.8 Å². The second kappa shape index (κ2) is 6.64. The van der Waals surface area contributed by atoms with Gasteiger partial charge >= 0.3 is 0 Å². The molecule has 0 aliphatic carbocycles. The van der Waals surface area contributed by atoms with Crippen LogP contribution in [0.3, 0.4) is 0 Å². The molecular formula is C12H19NO2S2. The summed E-state index contributed by atoms with van der Waals surface area (Å²) in [7, 11) is -0.941. The van der Waals surface area contributed by atoms with Crippen LogP contribution in [0.2, 0.25) is 0 Å². The maximum atomic E-state index is 12.4. The fourth-order valence-electron chi connectivity index (χ4n) is 2.01. The van der Waals surface area contributed by atoms with Gasteiger partial charge in [-0.05, 0) is 30.8 Å². The van der Waals surface area contributed by atoms with Crippen molar-refractivity contribution >= 4 is 22.1 Å². The first-order chi connectivity index (χ1) is 8.33. The molecule has 5 heteroatoms. The fourth-order valence-corrected chi connectivity index (χ4v) is 4.64. The Morgan fingerprint density at radius 2 is 2.53 bits per heavy atom. The van der Waals surface area contributed by atoms with Gasteiger partial charge in [0.2, 0.25) is 0 Å². The van der Waals surface area contributed by atoms with Crippen LogP contribution in [0.4, 0.5) is 0 Å². The average molecular weight is 273 g/mol. The van der Waals surface area contributed by atoms with Crippen molar-refractivity contribution in [3.05, 3.63) is 17.5 Å². The average Bonchev–Trinajstić information content (AvgIpc) is 2.89. The van der Waals surface area contributed by atoms with Crippen LogP contribution in [0.1, 0.15) is 19.8 Å². The number of hydrogen-bond acceptors (Lipinski definition) is 4. The SMILES string of the molecule is CCCNC1CCOCC1S(=O)c1cccs1. The van der Waals surface area contributed by atoms with Crippen LogP contribution in [-0.4, -0.2) is 35.3 Å². The topological polar surface area (TPSA) is 38.3 Å². The summed E-state index contributed by atoms with van der Waals surface area (Å²) in [5.41, 5.74) is 0. The van der Waals surface area contributed by atoms with E-state index in [1.807, 2.05) is 17.5 Å². The van der Waals surface area contributed by atoms with Crippen LogP contribution in [0, 0.1) is 0 Å². The molecule has 1 aliphatic heterocycles.